The first-order valence-electron chi connectivity index (χ1n) is 6.45. The number of nitrogens with zero attached hydrogens (tertiary/aromatic N) is 6. The van der Waals surface area contributed by atoms with Gasteiger partial charge in [-0.25, -0.2) is 0 Å². The molecule has 1 rings (SSSR count). The molecule has 0 aromatic carbocycles. The van der Waals surface area contributed by atoms with E-state index in [4.69, 9.17) is 5.73 Å². The molecule has 2 N–H and O–H groups in total. The molecule has 7 heteroatoms. The van der Waals surface area contributed by atoms with Crippen LogP contribution in [0.3, 0.4) is 0 Å². The SMILES string of the molecule is CCN(c1nc(N)nc(N(C)C)n1)C(C)CN(C)C. The van der Waals surface area contributed by atoms with Gasteiger partial charge < -0.3 is 20.4 Å². The van der Waals surface area contributed by atoms with Crippen LogP contribution in [0.5, 0.6) is 0 Å². The average Bonchev–Trinajstić information content (AvgIpc) is 2.27. The van der Waals surface area contributed by atoms with E-state index in [1.165, 1.54) is 0 Å². The van der Waals surface area contributed by atoms with Gasteiger partial charge in [0.1, 0.15) is 0 Å². The zero-order chi connectivity index (χ0) is 14.6. The zero-order valence-electron chi connectivity index (χ0n) is 12.8. The third kappa shape index (κ3) is 4.20. The lowest BCUT2D eigenvalue weighted by Gasteiger charge is -2.30. The van der Waals surface area contributed by atoms with Crippen molar-refractivity contribution in [1.82, 2.24) is 19.9 Å². The van der Waals surface area contributed by atoms with Crippen LogP contribution in [0.4, 0.5) is 17.8 Å². The predicted molar refractivity (Wildman–Crippen MR) is 79.6 cm³/mol. The summed E-state index contributed by atoms with van der Waals surface area (Å²) in [4.78, 5) is 18.9. The monoisotopic (exact) mass is 267 g/mol. The molecule has 0 aliphatic rings. The minimum absolute atomic E-state index is 0.254. The van der Waals surface area contributed by atoms with Crippen LogP contribution in [0.15, 0.2) is 0 Å². The van der Waals surface area contributed by atoms with Crippen LogP contribution in [-0.2, 0) is 0 Å². The quantitative estimate of drug-likeness (QED) is 0.794. The van der Waals surface area contributed by atoms with Crippen molar-refractivity contribution in [3.63, 3.8) is 0 Å². The van der Waals surface area contributed by atoms with E-state index < -0.39 is 0 Å². The van der Waals surface area contributed by atoms with Crippen LogP contribution < -0.4 is 15.5 Å². The summed E-state index contributed by atoms with van der Waals surface area (Å²) < 4.78 is 0. The Bertz CT molecular complexity index is 405. The molecule has 0 aliphatic heterocycles. The molecule has 0 saturated heterocycles. The average molecular weight is 267 g/mol. The topological polar surface area (TPSA) is 74.4 Å². The van der Waals surface area contributed by atoms with E-state index in [2.05, 4.69) is 52.7 Å². The maximum atomic E-state index is 5.77. The molecule has 7 nitrogen and oxygen atoms in total. The van der Waals surface area contributed by atoms with Gasteiger partial charge in [-0.3, -0.25) is 0 Å². The van der Waals surface area contributed by atoms with E-state index in [1.807, 2.05) is 19.0 Å². The van der Waals surface area contributed by atoms with Crippen molar-refractivity contribution in [3.05, 3.63) is 0 Å². The summed E-state index contributed by atoms with van der Waals surface area (Å²) in [6, 6.07) is 0.303. The Morgan fingerprint density at radius 3 is 2.11 bits per heavy atom. The van der Waals surface area contributed by atoms with E-state index in [1.54, 1.807) is 0 Å². The highest BCUT2D eigenvalue weighted by Crippen LogP contribution is 2.16. The van der Waals surface area contributed by atoms with Gasteiger partial charge >= 0.3 is 0 Å². The van der Waals surface area contributed by atoms with Gasteiger partial charge in [0.2, 0.25) is 17.8 Å². The second-order valence-corrected chi connectivity index (χ2v) is 5.09. The fraction of sp³-hybridized carbons (Fsp3) is 0.750. The summed E-state index contributed by atoms with van der Waals surface area (Å²) in [5.41, 5.74) is 5.77. The first-order valence-corrected chi connectivity index (χ1v) is 6.45. The largest absolute Gasteiger partial charge is 0.368 e. The summed E-state index contributed by atoms with van der Waals surface area (Å²) in [6.45, 7) is 5.99. The number of nitrogen functional groups attached to an aromatic ring is 1. The Balaban J connectivity index is 3.03. The molecule has 0 saturated carbocycles. The van der Waals surface area contributed by atoms with E-state index in [0.29, 0.717) is 17.9 Å². The summed E-state index contributed by atoms with van der Waals surface area (Å²) in [7, 11) is 7.88. The highest BCUT2D eigenvalue weighted by molar-refractivity contribution is 5.43. The lowest BCUT2D eigenvalue weighted by atomic mass is 10.3. The van der Waals surface area contributed by atoms with Gasteiger partial charge in [-0.2, -0.15) is 15.0 Å². The van der Waals surface area contributed by atoms with E-state index in [9.17, 15) is 0 Å². The van der Waals surface area contributed by atoms with Crippen LogP contribution in [0.2, 0.25) is 0 Å². The lowest BCUT2D eigenvalue weighted by molar-refractivity contribution is 0.371. The van der Waals surface area contributed by atoms with E-state index >= 15 is 0 Å². The molecule has 0 aliphatic carbocycles. The molecule has 1 aromatic rings. The number of aromatic nitrogens is 3. The minimum atomic E-state index is 0.254. The van der Waals surface area contributed by atoms with Crippen LogP contribution in [-0.4, -0.2) is 67.2 Å². The molecule has 0 bridgehead atoms. The van der Waals surface area contributed by atoms with Gasteiger partial charge in [-0.05, 0) is 27.9 Å². The van der Waals surface area contributed by atoms with Crippen LogP contribution in [0, 0.1) is 0 Å². The third-order valence-electron chi connectivity index (χ3n) is 2.79. The molecular formula is C12H25N7. The molecule has 19 heavy (non-hydrogen) atoms. The summed E-state index contributed by atoms with van der Waals surface area (Å²) in [5.74, 6) is 1.47. The molecule has 0 radical (unpaired) electrons. The Hall–Kier alpha value is -1.63. The van der Waals surface area contributed by atoms with Crippen molar-refractivity contribution in [1.29, 1.82) is 0 Å². The Kier molecular flexibility index (Phi) is 5.29. The summed E-state index contributed by atoms with van der Waals surface area (Å²) in [6.07, 6.45) is 0. The van der Waals surface area contributed by atoms with Crippen molar-refractivity contribution in [2.45, 2.75) is 19.9 Å². The Morgan fingerprint density at radius 1 is 1.05 bits per heavy atom. The molecule has 1 atom stereocenters. The third-order valence-corrected chi connectivity index (χ3v) is 2.79. The summed E-state index contributed by atoms with van der Waals surface area (Å²) in [5, 5.41) is 0. The van der Waals surface area contributed by atoms with Gasteiger partial charge in [0.25, 0.3) is 0 Å². The van der Waals surface area contributed by atoms with E-state index in [0.717, 1.165) is 13.1 Å². The van der Waals surface area contributed by atoms with Crippen molar-refractivity contribution < 1.29 is 0 Å². The highest BCUT2D eigenvalue weighted by atomic mass is 15.4. The van der Waals surface area contributed by atoms with Crippen LogP contribution in [0.1, 0.15) is 13.8 Å². The van der Waals surface area contributed by atoms with Gasteiger partial charge in [-0.1, -0.05) is 0 Å². The van der Waals surface area contributed by atoms with E-state index in [-0.39, 0.29) is 5.95 Å². The molecule has 0 fully saturated rings. The smallest absolute Gasteiger partial charge is 0.232 e. The fourth-order valence-electron chi connectivity index (χ4n) is 1.98. The van der Waals surface area contributed by atoms with Crippen molar-refractivity contribution in [2.75, 3.05) is 56.8 Å². The number of likely N-dealkylation sites (N-methyl/N-ethyl adjacent to an activating group) is 2. The zero-order valence-corrected chi connectivity index (χ0v) is 12.8. The van der Waals surface area contributed by atoms with Crippen molar-refractivity contribution in [2.24, 2.45) is 0 Å². The van der Waals surface area contributed by atoms with Crippen molar-refractivity contribution >= 4 is 17.8 Å². The molecule has 0 amide bonds. The normalized spacial score (nSPS) is 12.6. The van der Waals surface area contributed by atoms with Crippen LogP contribution in [0.25, 0.3) is 0 Å². The maximum Gasteiger partial charge on any atom is 0.232 e. The van der Waals surface area contributed by atoms with Crippen LogP contribution >= 0.6 is 0 Å². The molecule has 1 unspecified atom stereocenters. The standard InChI is InChI=1S/C12H25N7/c1-7-19(9(2)8-17(3)4)12-15-10(13)14-11(16-12)18(5)6/h9H,7-8H2,1-6H3,(H2,13,14,15,16). The fourth-order valence-corrected chi connectivity index (χ4v) is 1.98. The Morgan fingerprint density at radius 2 is 1.63 bits per heavy atom. The minimum Gasteiger partial charge on any atom is -0.368 e. The van der Waals surface area contributed by atoms with Gasteiger partial charge in [0, 0.05) is 33.2 Å². The maximum absolute atomic E-state index is 5.77. The number of anilines is 3. The first kappa shape index (κ1) is 15.4. The second kappa shape index (κ2) is 6.51. The molecule has 108 valence electrons. The summed E-state index contributed by atoms with van der Waals surface area (Å²) >= 11 is 0. The number of nitrogens with two attached hydrogens (primary N) is 1. The molecule has 0 spiro atoms. The number of hydrogen-bond acceptors (Lipinski definition) is 7. The van der Waals surface area contributed by atoms with Crippen molar-refractivity contribution in [3.8, 4) is 0 Å². The molecular weight excluding hydrogens is 242 g/mol. The van der Waals surface area contributed by atoms with Gasteiger partial charge in [0.05, 0.1) is 0 Å². The first-order chi connectivity index (χ1) is 8.85. The lowest BCUT2D eigenvalue weighted by Crippen LogP contribution is -2.41. The van der Waals surface area contributed by atoms with Gasteiger partial charge in [-0.15, -0.1) is 0 Å². The van der Waals surface area contributed by atoms with Gasteiger partial charge in [0.15, 0.2) is 0 Å². The number of hydrogen-bond donors (Lipinski definition) is 1. The molecule has 1 heterocycles. The highest BCUT2D eigenvalue weighted by Gasteiger charge is 2.18. The Labute approximate surface area is 115 Å². The second-order valence-electron chi connectivity index (χ2n) is 5.09. The number of rotatable bonds is 6. The predicted octanol–water partition coefficient (Wildman–Crippen LogP) is 0.296. The molecule has 1 aromatic heterocycles.